The summed E-state index contributed by atoms with van der Waals surface area (Å²) in [5.41, 5.74) is 0.803. The average Bonchev–Trinajstić information content (AvgIpc) is 3.19. The Morgan fingerprint density at radius 1 is 1.26 bits per heavy atom. The van der Waals surface area contributed by atoms with E-state index in [2.05, 4.69) is 34.7 Å². The molecule has 0 aromatic heterocycles. The number of hydrogen-bond donors (Lipinski definition) is 0. The van der Waals surface area contributed by atoms with E-state index in [1.54, 1.807) is 0 Å². The smallest absolute Gasteiger partial charge is 0.179 e. The van der Waals surface area contributed by atoms with Crippen molar-refractivity contribution in [1.29, 1.82) is 0 Å². The lowest BCUT2D eigenvalue weighted by molar-refractivity contribution is 0.0778. The first-order valence-electron chi connectivity index (χ1n) is 7.04. The highest BCUT2D eigenvalue weighted by atomic mass is 79.9. The monoisotopic (exact) mass is 323 g/mol. The largest absolute Gasteiger partial charge is 0.292 e. The maximum Gasteiger partial charge on any atom is 0.179 e. The molecule has 2 nitrogen and oxygen atoms in total. The zero-order valence-electron chi connectivity index (χ0n) is 11.9. The average molecular weight is 324 g/mol. The molecule has 0 N–H and O–H groups in total. The van der Waals surface area contributed by atoms with Crippen LogP contribution in [0.1, 0.15) is 44.0 Å². The normalized spacial score (nSPS) is 16.9. The van der Waals surface area contributed by atoms with Crippen LogP contribution in [-0.4, -0.2) is 29.3 Å². The fourth-order valence-electron chi connectivity index (χ4n) is 2.42. The van der Waals surface area contributed by atoms with Gasteiger partial charge in [0.25, 0.3) is 0 Å². The third-order valence-electron chi connectivity index (χ3n) is 3.83. The highest BCUT2D eigenvalue weighted by molar-refractivity contribution is 9.10. The summed E-state index contributed by atoms with van der Waals surface area (Å²) in [5.74, 6) is 1.03. The van der Waals surface area contributed by atoms with Crippen LogP contribution in [0.5, 0.6) is 0 Å². The fraction of sp³-hybridized carbons (Fsp3) is 0.562. The molecule has 3 heteroatoms. The highest BCUT2D eigenvalue weighted by Gasteiger charge is 2.30. The van der Waals surface area contributed by atoms with Crippen molar-refractivity contribution in [2.24, 2.45) is 5.92 Å². The lowest BCUT2D eigenvalue weighted by Crippen LogP contribution is -2.44. The molecule has 1 fully saturated rings. The third-order valence-corrected chi connectivity index (χ3v) is 4.36. The van der Waals surface area contributed by atoms with E-state index in [9.17, 15) is 4.79 Å². The second-order valence-electron chi connectivity index (χ2n) is 5.78. The van der Waals surface area contributed by atoms with Crippen molar-refractivity contribution in [2.45, 2.75) is 45.7 Å². The first-order chi connectivity index (χ1) is 8.99. The van der Waals surface area contributed by atoms with Crippen LogP contribution in [-0.2, 0) is 0 Å². The molecule has 1 aliphatic rings. The summed E-state index contributed by atoms with van der Waals surface area (Å²) in [5, 5.41) is 0. The van der Waals surface area contributed by atoms with Crippen molar-refractivity contribution in [3.8, 4) is 0 Å². The van der Waals surface area contributed by atoms with E-state index >= 15 is 0 Å². The van der Waals surface area contributed by atoms with E-state index < -0.39 is 0 Å². The van der Waals surface area contributed by atoms with Gasteiger partial charge in [0.1, 0.15) is 0 Å². The van der Waals surface area contributed by atoms with Gasteiger partial charge < -0.3 is 0 Å². The molecule has 2 rings (SSSR count). The van der Waals surface area contributed by atoms with Crippen LogP contribution in [0.15, 0.2) is 28.7 Å². The number of halogens is 1. The van der Waals surface area contributed by atoms with E-state index in [0.29, 0.717) is 6.04 Å². The van der Waals surface area contributed by atoms with Gasteiger partial charge in [-0.15, -0.1) is 0 Å². The molecule has 0 aliphatic heterocycles. The second kappa shape index (κ2) is 6.19. The molecule has 1 aromatic carbocycles. The Kier molecular flexibility index (Phi) is 4.80. The first kappa shape index (κ1) is 14.7. The summed E-state index contributed by atoms with van der Waals surface area (Å²) >= 11 is 3.40. The summed E-state index contributed by atoms with van der Waals surface area (Å²) in [4.78, 5) is 14.9. The van der Waals surface area contributed by atoms with Crippen molar-refractivity contribution in [1.82, 2.24) is 4.90 Å². The second-order valence-corrected chi connectivity index (χ2v) is 6.70. The van der Waals surface area contributed by atoms with Crippen LogP contribution in [0.4, 0.5) is 0 Å². The zero-order chi connectivity index (χ0) is 14.0. The van der Waals surface area contributed by atoms with Crippen LogP contribution in [0.3, 0.4) is 0 Å². The van der Waals surface area contributed by atoms with Crippen molar-refractivity contribution < 1.29 is 4.79 Å². The van der Waals surface area contributed by atoms with E-state index in [1.807, 2.05) is 31.2 Å². The van der Waals surface area contributed by atoms with Crippen LogP contribution in [0, 0.1) is 5.92 Å². The molecule has 0 amide bonds. The minimum Gasteiger partial charge on any atom is -0.292 e. The molecule has 1 unspecified atom stereocenters. The number of carbonyl (C=O) groups excluding carboxylic acids is 1. The van der Waals surface area contributed by atoms with Crippen molar-refractivity contribution >= 4 is 21.7 Å². The number of ketones is 1. The maximum atomic E-state index is 12.5. The van der Waals surface area contributed by atoms with Gasteiger partial charge in [0.2, 0.25) is 0 Å². The summed E-state index contributed by atoms with van der Waals surface area (Å²) in [7, 11) is 0. The molecule has 19 heavy (non-hydrogen) atoms. The van der Waals surface area contributed by atoms with Gasteiger partial charge in [-0.25, -0.2) is 0 Å². The third kappa shape index (κ3) is 3.90. The van der Waals surface area contributed by atoms with Gasteiger partial charge >= 0.3 is 0 Å². The Morgan fingerprint density at radius 3 is 2.32 bits per heavy atom. The fourth-order valence-corrected chi connectivity index (χ4v) is 2.69. The number of benzene rings is 1. The molecule has 104 valence electrons. The van der Waals surface area contributed by atoms with Crippen molar-refractivity contribution in [2.75, 3.05) is 6.54 Å². The van der Waals surface area contributed by atoms with Crippen LogP contribution >= 0.6 is 15.9 Å². The van der Waals surface area contributed by atoms with Crippen molar-refractivity contribution in [3.05, 3.63) is 34.3 Å². The van der Waals surface area contributed by atoms with Gasteiger partial charge in [-0.2, -0.15) is 0 Å². The standard InChI is InChI=1S/C16H22BrNO/c1-11(2)18(10-13-4-5-13)12(3)16(19)14-6-8-15(17)9-7-14/h6-9,11-13H,4-5,10H2,1-3H3. The van der Waals surface area contributed by atoms with Gasteiger partial charge in [-0.05, 0) is 51.7 Å². The predicted octanol–water partition coefficient (Wildman–Crippen LogP) is 4.14. The Balaban J connectivity index is 2.08. The molecule has 1 saturated carbocycles. The predicted molar refractivity (Wildman–Crippen MR) is 82.5 cm³/mol. The molecular weight excluding hydrogens is 302 g/mol. The summed E-state index contributed by atoms with van der Waals surface area (Å²) in [6, 6.07) is 8.04. The molecule has 1 atom stereocenters. The molecule has 0 heterocycles. The summed E-state index contributed by atoms with van der Waals surface area (Å²) < 4.78 is 1.01. The number of nitrogens with zero attached hydrogens (tertiary/aromatic N) is 1. The summed E-state index contributed by atoms with van der Waals surface area (Å²) in [6.07, 6.45) is 2.64. The maximum absolute atomic E-state index is 12.5. The van der Waals surface area contributed by atoms with E-state index in [1.165, 1.54) is 12.8 Å². The zero-order valence-corrected chi connectivity index (χ0v) is 13.5. The molecule has 0 saturated heterocycles. The first-order valence-corrected chi connectivity index (χ1v) is 7.84. The Bertz CT molecular complexity index is 437. The lowest BCUT2D eigenvalue weighted by atomic mass is 10.0. The SMILES string of the molecule is CC(C)N(CC1CC1)C(C)C(=O)c1ccc(Br)cc1. The Hall–Kier alpha value is -0.670. The van der Waals surface area contributed by atoms with Gasteiger partial charge in [0.05, 0.1) is 6.04 Å². The number of carbonyl (C=O) groups is 1. The summed E-state index contributed by atoms with van der Waals surface area (Å²) in [6.45, 7) is 7.44. The van der Waals surface area contributed by atoms with Gasteiger partial charge in [-0.1, -0.05) is 28.1 Å². The van der Waals surface area contributed by atoms with E-state index in [4.69, 9.17) is 0 Å². The number of hydrogen-bond acceptors (Lipinski definition) is 2. The molecule has 1 aliphatic carbocycles. The molecule has 0 radical (unpaired) electrons. The molecule has 0 bridgehead atoms. The van der Waals surface area contributed by atoms with E-state index in [-0.39, 0.29) is 11.8 Å². The Morgan fingerprint density at radius 2 is 1.84 bits per heavy atom. The number of Topliss-reactive ketones (excluding diaryl/α,β-unsaturated/α-hetero) is 1. The van der Waals surface area contributed by atoms with Gasteiger partial charge in [-0.3, -0.25) is 9.69 Å². The lowest BCUT2D eigenvalue weighted by Gasteiger charge is -2.32. The minimum atomic E-state index is -0.0400. The molecular formula is C16H22BrNO. The number of rotatable bonds is 6. The van der Waals surface area contributed by atoms with E-state index in [0.717, 1.165) is 22.5 Å². The van der Waals surface area contributed by atoms with Crippen molar-refractivity contribution in [3.63, 3.8) is 0 Å². The quantitative estimate of drug-likeness (QED) is 0.733. The van der Waals surface area contributed by atoms with Crippen LogP contribution in [0.25, 0.3) is 0 Å². The molecule has 0 spiro atoms. The van der Waals surface area contributed by atoms with Crippen LogP contribution in [0.2, 0.25) is 0 Å². The van der Waals surface area contributed by atoms with Crippen LogP contribution < -0.4 is 0 Å². The topological polar surface area (TPSA) is 20.3 Å². The minimum absolute atomic E-state index is 0.0400. The van der Waals surface area contributed by atoms with Gasteiger partial charge in [0.15, 0.2) is 5.78 Å². The molecule has 1 aromatic rings. The highest BCUT2D eigenvalue weighted by Crippen LogP contribution is 2.31. The Labute approximate surface area is 124 Å². The van der Waals surface area contributed by atoms with Gasteiger partial charge in [0, 0.05) is 22.6 Å².